The third-order valence-electron chi connectivity index (χ3n) is 7.26. The highest BCUT2D eigenvalue weighted by atomic mass is 35.5. The number of halogens is 4. The number of alkyl halides is 3. The average molecular weight is 631 g/mol. The van der Waals surface area contributed by atoms with Crippen molar-refractivity contribution in [3.8, 4) is 5.75 Å². The van der Waals surface area contributed by atoms with E-state index < -0.39 is 29.0 Å². The number of amides is 2. The summed E-state index contributed by atoms with van der Waals surface area (Å²) in [5.41, 5.74) is -0.212. The Kier molecular flexibility index (Phi) is 8.41. The van der Waals surface area contributed by atoms with E-state index in [1.165, 1.54) is 23.6 Å². The van der Waals surface area contributed by atoms with Gasteiger partial charge in [0.15, 0.2) is 22.6 Å². The second-order valence-electron chi connectivity index (χ2n) is 9.97. The Morgan fingerprint density at radius 2 is 1.77 bits per heavy atom. The molecular formula is C28H26ClF3N8O4. The molecule has 16 heteroatoms. The molecule has 0 saturated carbocycles. The molecule has 4 aromatic rings. The number of nitrogens with zero attached hydrogens (tertiary/aromatic N) is 7. The van der Waals surface area contributed by atoms with E-state index in [4.69, 9.17) is 11.6 Å². The van der Waals surface area contributed by atoms with Crippen molar-refractivity contribution in [1.29, 1.82) is 0 Å². The van der Waals surface area contributed by atoms with Gasteiger partial charge in [-0.25, -0.2) is 19.9 Å². The Hall–Kier alpha value is -4.79. The zero-order valence-corrected chi connectivity index (χ0v) is 24.3. The Bertz CT molecular complexity index is 1820. The molecule has 5 rings (SSSR count). The van der Waals surface area contributed by atoms with Gasteiger partial charge in [-0.15, -0.1) is 0 Å². The summed E-state index contributed by atoms with van der Waals surface area (Å²) in [5, 5.41) is 12.5. The fraction of sp³-hybridized carbons (Fsp3) is 0.321. The van der Waals surface area contributed by atoms with E-state index in [1.807, 2.05) is 11.8 Å². The van der Waals surface area contributed by atoms with Gasteiger partial charge in [-0.1, -0.05) is 18.5 Å². The Labute approximate surface area is 253 Å². The maximum absolute atomic E-state index is 13.7. The number of hydrogen-bond donors (Lipinski definition) is 2. The van der Waals surface area contributed by atoms with Crippen molar-refractivity contribution in [2.75, 3.05) is 36.4 Å². The molecule has 3 aromatic heterocycles. The van der Waals surface area contributed by atoms with Gasteiger partial charge in [0, 0.05) is 44.3 Å². The van der Waals surface area contributed by atoms with Crippen molar-refractivity contribution in [3.05, 3.63) is 74.8 Å². The Balaban J connectivity index is 1.43. The predicted octanol–water partition coefficient (Wildman–Crippen LogP) is 3.43. The maximum Gasteiger partial charge on any atom is 0.416 e. The molecule has 1 aromatic carbocycles. The van der Waals surface area contributed by atoms with Gasteiger partial charge < -0.3 is 24.8 Å². The summed E-state index contributed by atoms with van der Waals surface area (Å²) < 4.78 is 40.7. The number of pyridine rings is 1. The second-order valence-corrected chi connectivity index (χ2v) is 10.4. The van der Waals surface area contributed by atoms with Gasteiger partial charge >= 0.3 is 6.18 Å². The lowest BCUT2D eigenvalue weighted by Gasteiger charge is -2.37. The number of nitrogens with one attached hydrogen (secondary N) is 1. The van der Waals surface area contributed by atoms with Crippen LogP contribution in [0.4, 0.5) is 24.5 Å². The largest absolute Gasteiger partial charge is 0.504 e. The van der Waals surface area contributed by atoms with Gasteiger partial charge in [0.1, 0.15) is 18.6 Å². The number of piperazine rings is 1. The van der Waals surface area contributed by atoms with E-state index in [0.29, 0.717) is 17.8 Å². The minimum Gasteiger partial charge on any atom is -0.504 e. The van der Waals surface area contributed by atoms with E-state index in [9.17, 15) is 32.7 Å². The quantitative estimate of drug-likeness (QED) is 0.327. The van der Waals surface area contributed by atoms with Gasteiger partial charge in [-0.05, 0) is 31.5 Å². The van der Waals surface area contributed by atoms with Gasteiger partial charge in [-0.3, -0.25) is 14.4 Å². The van der Waals surface area contributed by atoms with Crippen molar-refractivity contribution in [1.82, 2.24) is 29.4 Å². The van der Waals surface area contributed by atoms with Crippen LogP contribution in [0, 0.1) is 6.92 Å². The summed E-state index contributed by atoms with van der Waals surface area (Å²) in [6.45, 7) is 3.99. The normalized spacial score (nSPS) is 13.8. The highest BCUT2D eigenvalue weighted by molar-refractivity contribution is 6.33. The highest BCUT2D eigenvalue weighted by Crippen LogP contribution is 2.34. The Morgan fingerprint density at radius 1 is 1.07 bits per heavy atom. The van der Waals surface area contributed by atoms with Crippen molar-refractivity contribution >= 4 is 46.0 Å². The molecule has 44 heavy (non-hydrogen) atoms. The molecule has 0 radical (unpaired) electrons. The topological polar surface area (TPSA) is 146 Å². The zero-order valence-electron chi connectivity index (χ0n) is 23.5. The molecule has 1 saturated heterocycles. The third kappa shape index (κ3) is 5.86. The minimum atomic E-state index is -4.60. The van der Waals surface area contributed by atoms with Crippen LogP contribution >= 0.6 is 11.6 Å². The number of aryl methyl sites for hydroxylation is 1. The van der Waals surface area contributed by atoms with Crippen LogP contribution < -0.4 is 15.6 Å². The number of hydrogen-bond acceptors (Lipinski definition) is 9. The van der Waals surface area contributed by atoms with E-state index in [1.54, 1.807) is 11.5 Å². The number of carbonyl (C=O) groups excluding carboxylic acids is 2. The highest BCUT2D eigenvalue weighted by Gasteiger charge is 2.32. The van der Waals surface area contributed by atoms with Gasteiger partial charge in [0.05, 0.1) is 22.0 Å². The first-order chi connectivity index (χ1) is 20.9. The molecule has 0 bridgehead atoms. The summed E-state index contributed by atoms with van der Waals surface area (Å²) in [6.07, 6.45) is -0.332. The molecule has 1 aliphatic rings. The Morgan fingerprint density at radius 3 is 2.43 bits per heavy atom. The van der Waals surface area contributed by atoms with Crippen molar-refractivity contribution in [2.45, 2.75) is 33.0 Å². The van der Waals surface area contributed by atoms with E-state index in [-0.39, 0.29) is 71.7 Å². The summed E-state index contributed by atoms with van der Waals surface area (Å²) in [6, 6.07) is 2.61. The molecule has 0 atom stereocenters. The summed E-state index contributed by atoms with van der Waals surface area (Å²) in [4.78, 5) is 59.6. The summed E-state index contributed by atoms with van der Waals surface area (Å²) in [5.74, 6) is -1.37. The van der Waals surface area contributed by atoms with E-state index >= 15 is 0 Å². The molecule has 0 aliphatic carbocycles. The lowest BCUT2D eigenvalue weighted by atomic mass is 10.1. The molecule has 2 amide bonds. The summed E-state index contributed by atoms with van der Waals surface area (Å²) in [7, 11) is 0. The van der Waals surface area contributed by atoms with Crippen LogP contribution in [0.3, 0.4) is 0 Å². The first kappa shape index (κ1) is 30.7. The lowest BCUT2D eigenvalue weighted by molar-refractivity contribution is -0.137. The fourth-order valence-electron chi connectivity index (χ4n) is 5.07. The maximum atomic E-state index is 13.7. The average Bonchev–Trinajstić information content (AvgIpc) is 3.00. The first-order valence-corrected chi connectivity index (χ1v) is 13.9. The third-order valence-corrected chi connectivity index (χ3v) is 7.57. The molecule has 12 nitrogen and oxygen atoms in total. The van der Waals surface area contributed by atoms with E-state index in [0.717, 1.165) is 18.2 Å². The number of anilines is 2. The van der Waals surface area contributed by atoms with Crippen LogP contribution in [0.1, 0.15) is 34.4 Å². The molecule has 0 spiro atoms. The van der Waals surface area contributed by atoms with Crippen LogP contribution in [-0.4, -0.2) is 72.5 Å². The molecule has 1 aliphatic heterocycles. The van der Waals surface area contributed by atoms with Crippen molar-refractivity contribution in [2.24, 2.45) is 0 Å². The molecule has 230 valence electrons. The van der Waals surface area contributed by atoms with Crippen LogP contribution in [0.2, 0.25) is 5.02 Å². The smallest absolute Gasteiger partial charge is 0.416 e. The molecular weight excluding hydrogens is 605 g/mol. The molecule has 4 heterocycles. The van der Waals surface area contributed by atoms with Crippen LogP contribution in [-0.2, 0) is 23.9 Å². The number of aromatic nitrogens is 5. The van der Waals surface area contributed by atoms with Crippen LogP contribution in [0.5, 0.6) is 5.75 Å². The van der Waals surface area contributed by atoms with Gasteiger partial charge in [-0.2, -0.15) is 13.2 Å². The molecule has 0 unspecified atom stereocenters. The van der Waals surface area contributed by atoms with Crippen LogP contribution in [0.15, 0.2) is 41.7 Å². The van der Waals surface area contributed by atoms with Crippen molar-refractivity contribution < 1.29 is 27.9 Å². The number of carbonyl (C=O) groups is 2. The standard InChI is InChI=1S/C28H26ClF3N8O4/c1-3-19-23(38-8-10-39(11-9-38)27(44)22-24(42)15(2)35-14-36-22)25(43)21-26(34-7-6-33-21)40(19)13-20(41)37-18-5-4-16(12-17(18)29)28(30,31)32/h4-7,12,14,42H,3,8-11,13H2,1-2H3,(H,37,41). The molecule has 2 N–H and O–H groups in total. The number of fused-ring (bicyclic) bond motifs is 1. The SMILES string of the molecule is CCc1c(N2CCN(C(=O)c3ncnc(C)c3O)CC2)c(=O)c2nccnc2n1CC(=O)Nc1ccc(C(F)(F)F)cc1Cl. The number of benzene rings is 1. The van der Waals surface area contributed by atoms with Gasteiger partial charge in [0.2, 0.25) is 11.3 Å². The molecule has 1 fully saturated rings. The number of aromatic hydroxyl groups is 1. The lowest BCUT2D eigenvalue weighted by Crippen LogP contribution is -2.50. The van der Waals surface area contributed by atoms with E-state index in [2.05, 4.69) is 25.3 Å². The second kappa shape index (κ2) is 12.1. The first-order valence-electron chi connectivity index (χ1n) is 13.5. The predicted molar refractivity (Wildman–Crippen MR) is 155 cm³/mol. The van der Waals surface area contributed by atoms with Gasteiger partial charge in [0.25, 0.3) is 5.91 Å². The summed E-state index contributed by atoms with van der Waals surface area (Å²) >= 11 is 6.03. The minimum absolute atomic E-state index is 0.00919. The van der Waals surface area contributed by atoms with Crippen molar-refractivity contribution in [3.63, 3.8) is 0 Å². The number of rotatable bonds is 6. The monoisotopic (exact) mass is 630 g/mol. The fourth-order valence-corrected chi connectivity index (χ4v) is 5.30. The van der Waals surface area contributed by atoms with Crippen LogP contribution in [0.25, 0.3) is 11.2 Å². The zero-order chi connectivity index (χ0) is 31.8.